The molecule has 0 radical (unpaired) electrons. The molecule has 0 aliphatic rings. The number of para-hydroxylation sites is 2. The van der Waals surface area contributed by atoms with Crippen LogP contribution in [0.1, 0.15) is 15.2 Å². The van der Waals surface area contributed by atoms with Crippen molar-refractivity contribution in [2.75, 3.05) is 12.4 Å². The van der Waals surface area contributed by atoms with Crippen LogP contribution in [0.5, 0.6) is 11.5 Å². The summed E-state index contributed by atoms with van der Waals surface area (Å²) in [6, 6.07) is 14.9. The average molecular weight is 357 g/mol. The van der Waals surface area contributed by atoms with Gasteiger partial charge >= 0.3 is 0 Å². The number of carbonyl (C=O) groups excluding carboxylic acids is 1. The first kappa shape index (κ1) is 17.0. The van der Waals surface area contributed by atoms with Crippen molar-refractivity contribution in [3.63, 3.8) is 0 Å². The van der Waals surface area contributed by atoms with E-state index in [1.807, 2.05) is 17.5 Å². The van der Waals surface area contributed by atoms with E-state index in [0.29, 0.717) is 22.1 Å². The number of nitrogens with one attached hydrogen (secondary N) is 1. The summed E-state index contributed by atoms with van der Waals surface area (Å²) in [7, 11) is 1.55. The number of amides is 1. The third-order valence-electron chi connectivity index (χ3n) is 3.43. The lowest BCUT2D eigenvalue weighted by Gasteiger charge is -2.08. The molecule has 1 heterocycles. The number of hydrogen-bond donors (Lipinski definition) is 1. The van der Waals surface area contributed by atoms with E-state index < -0.39 is 0 Å². The molecule has 4 nitrogen and oxygen atoms in total. The van der Waals surface area contributed by atoms with Crippen molar-refractivity contribution in [2.24, 2.45) is 0 Å². The summed E-state index contributed by atoms with van der Waals surface area (Å²) in [5.74, 6) is 0.486. The molecular weight excluding hydrogens is 341 g/mol. The summed E-state index contributed by atoms with van der Waals surface area (Å²) < 4.78 is 23.9. The third kappa shape index (κ3) is 4.36. The molecule has 6 heteroatoms. The highest BCUT2D eigenvalue weighted by Gasteiger charge is 2.12. The lowest BCUT2D eigenvalue weighted by Crippen LogP contribution is -2.11. The Morgan fingerprint density at radius 2 is 2.00 bits per heavy atom. The van der Waals surface area contributed by atoms with Gasteiger partial charge in [0.05, 0.1) is 17.7 Å². The number of halogens is 1. The molecule has 0 fully saturated rings. The second kappa shape index (κ2) is 7.81. The molecule has 0 bridgehead atoms. The zero-order valence-corrected chi connectivity index (χ0v) is 14.3. The van der Waals surface area contributed by atoms with Crippen LogP contribution in [-0.4, -0.2) is 13.0 Å². The van der Waals surface area contributed by atoms with Gasteiger partial charge in [-0.05, 0) is 35.7 Å². The van der Waals surface area contributed by atoms with Crippen LogP contribution in [0.15, 0.2) is 60.0 Å². The molecule has 2 aromatic carbocycles. The molecule has 0 unspecified atom stereocenters. The number of rotatable bonds is 6. The maximum Gasteiger partial charge on any atom is 0.265 e. The lowest BCUT2D eigenvalue weighted by molar-refractivity contribution is 0.103. The highest BCUT2D eigenvalue weighted by molar-refractivity contribution is 7.12. The van der Waals surface area contributed by atoms with E-state index in [2.05, 4.69) is 5.32 Å². The molecule has 0 saturated heterocycles. The van der Waals surface area contributed by atoms with Crippen molar-refractivity contribution in [3.05, 3.63) is 76.2 Å². The van der Waals surface area contributed by atoms with Gasteiger partial charge in [0.2, 0.25) is 0 Å². The van der Waals surface area contributed by atoms with Crippen molar-refractivity contribution in [2.45, 2.75) is 6.61 Å². The topological polar surface area (TPSA) is 47.6 Å². The van der Waals surface area contributed by atoms with Gasteiger partial charge in [-0.25, -0.2) is 4.39 Å². The van der Waals surface area contributed by atoms with Gasteiger partial charge in [-0.3, -0.25) is 4.79 Å². The fourth-order valence-corrected chi connectivity index (χ4v) is 3.02. The Kier molecular flexibility index (Phi) is 5.30. The SMILES string of the molecule is COc1ccccc1NC(=O)c1cc(COc2cccc(F)c2)cs1. The Bertz CT molecular complexity index is 878. The fourth-order valence-electron chi connectivity index (χ4n) is 2.23. The maximum absolute atomic E-state index is 13.1. The first-order valence-electron chi connectivity index (χ1n) is 7.56. The van der Waals surface area contributed by atoms with Gasteiger partial charge in [0.15, 0.2) is 0 Å². The van der Waals surface area contributed by atoms with E-state index in [4.69, 9.17) is 9.47 Å². The highest BCUT2D eigenvalue weighted by atomic mass is 32.1. The van der Waals surface area contributed by atoms with Crippen molar-refractivity contribution in [3.8, 4) is 11.5 Å². The minimum absolute atomic E-state index is 0.216. The molecule has 1 amide bonds. The third-order valence-corrected chi connectivity index (χ3v) is 4.41. The predicted octanol–water partition coefficient (Wildman–Crippen LogP) is 4.73. The van der Waals surface area contributed by atoms with Crippen molar-refractivity contribution >= 4 is 22.9 Å². The Balaban J connectivity index is 1.63. The van der Waals surface area contributed by atoms with Crippen LogP contribution in [-0.2, 0) is 6.61 Å². The minimum Gasteiger partial charge on any atom is -0.495 e. The Morgan fingerprint density at radius 1 is 1.16 bits per heavy atom. The summed E-state index contributed by atoms with van der Waals surface area (Å²) in [4.78, 5) is 12.9. The van der Waals surface area contributed by atoms with Crippen molar-refractivity contribution in [1.82, 2.24) is 0 Å². The number of carbonyl (C=O) groups is 1. The average Bonchev–Trinajstić information content (AvgIpc) is 3.10. The summed E-state index contributed by atoms with van der Waals surface area (Å²) in [6.07, 6.45) is 0. The first-order chi connectivity index (χ1) is 12.2. The standard InChI is InChI=1S/C19H16FNO3S/c1-23-17-8-3-2-7-16(17)21-19(22)18-9-13(12-25-18)11-24-15-6-4-5-14(20)10-15/h2-10,12H,11H2,1H3,(H,21,22). The van der Waals surface area contributed by atoms with E-state index >= 15 is 0 Å². The number of methoxy groups -OCH3 is 1. The smallest absolute Gasteiger partial charge is 0.265 e. The predicted molar refractivity (Wildman–Crippen MR) is 96.0 cm³/mol. The number of ether oxygens (including phenoxy) is 2. The van der Waals surface area contributed by atoms with E-state index in [1.54, 1.807) is 37.4 Å². The number of thiophene rings is 1. The normalized spacial score (nSPS) is 10.3. The van der Waals surface area contributed by atoms with Crippen LogP contribution in [0.2, 0.25) is 0 Å². The molecule has 0 aliphatic carbocycles. The zero-order chi connectivity index (χ0) is 17.6. The van der Waals surface area contributed by atoms with Crippen LogP contribution >= 0.6 is 11.3 Å². The Labute approximate surface area is 148 Å². The van der Waals surface area contributed by atoms with Gasteiger partial charge in [0.25, 0.3) is 5.91 Å². The minimum atomic E-state index is -0.348. The molecule has 3 aromatic rings. The van der Waals surface area contributed by atoms with Crippen molar-refractivity contribution in [1.29, 1.82) is 0 Å². The molecule has 1 aromatic heterocycles. The molecule has 128 valence electrons. The van der Waals surface area contributed by atoms with E-state index in [9.17, 15) is 9.18 Å². The molecule has 0 spiro atoms. The number of hydrogen-bond acceptors (Lipinski definition) is 4. The van der Waals surface area contributed by atoms with Gasteiger partial charge in [-0.1, -0.05) is 18.2 Å². The molecular formula is C19H16FNO3S. The quantitative estimate of drug-likeness (QED) is 0.694. The summed E-state index contributed by atoms with van der Waals surface area (Å²) in [5.41, 5.74) is 1.46. The van der Waals surface area contributed by atoms with Crippen LogP contribution in [0.3, 0.4) is 0 Å². The lowest BCUT2D eigenvalue weighted by atomic mass is 10.2. The highest BCUT2D eigenvalue weighted by Crippen LogP contribution is 2.25. The Hall–Kier alpha value is -2.86. The fraction of sp³-hybridized carbons (Fsp3) is 0.105. The number of anilines is 1. The molecule has 0 saturated carbocycles. The van der Waals surface area contributed by atoms with Gasteiger partial charge in [0, 0.05) is 11.6 Å². The molecule has 0 aliphatic heterocycles. The summed E-state index contributed by atoms with van der Waals surface area (Å²) in [5, 5.41) is 4.67. The number of benzene rings is 2. The molecule has 1 N–H and O–H groups in total. The van der Waals surface area contributed by atoms with E-state index in [-0.39, 0.29) is 18.3 Å². The van der Waals surface area contributed by atoms with Crippen LogP contribution in [0, 0.1) is 5.82 Å². The zero-order valence-electron chi connectivity index (χ0n) is 13.5. The largest absolute Gasteiger partial charge is 0.495 e. The van der Waals surface area contributed by atoms with Gasteiger partial charge in [-0.2, -0.15) is 0 Å². The second-order valence-corrected chi connectivity index (χ2v) is 6.13. The van der Waals surface area contributed by atoms with Gasteiger partial charge in [0.1, 0.15) is 23.9 Å². The van der Waals surface area contributed by atoms with Crippen LogP contribution in [0.25, 0.3) is 0 Å². The molecule has 3 rings (SSSR count). The van der Waals surface area contributed by atoms with E-state index in [1.165, 1.54) is 23.5 Å². The van der Waals surface area contributed by atoms with Crippen LogP contribution in [0.4, 0.5) is 10.1 Å². The van der Waals surface area contributed by atoms with Crippen molar-refractivity contribution < 1.29 is 18.7 Å². The second-order valence-electron chi connectivity index (χ2n) is 5.22. The first-order valence-corrected chi connectivity index (χ1v) is 8.44. The van der Waals surface area contributed by atoms with Gasteiger partial charge < -0.3 is 14.8 Å². The monoisotopic (exact) mass is 357 g/mol. The van der Waals surface area contributed by atoms with Crippen LogP contribution < -0.4 is 14.8 Å². The van der Waals surface area contributed by atoms with E-state index in [0.717, 1.165) is 5.56 Å². The van der Waals surface area contributed by atoms with Gasteiger partial charge in [-0.15, -0.1) is 11.3 Å². The summed E-state index contributed by atoms with van der Waals surface area (Å²) in [6.45, 7) is 0.266. The molecule has 25 heavy (non-hydrogen) atoms. The molecule has 0 atom stereocenters. The Morgan fingerprint density at radius 3 is 2.80 bits per heavy atom. The maximum atomic E-state index is 13.1. The summed E-state index contributed by atoms with van der Waals surface area (Å²) >= 11 is 1.32.